The number of carbonyl (C=O) groups excluding carboxylic acids is 1. The summed E-state index contributed by atoms with van der Waals surface area (Å²) in [7, 11) is 0. The zero-order chi connectivity index (χ0) is 14.5. The highest BCUT2D eigenvalue weighted by Gasteiger charge is 2.15. The van der Waals surface area contributed by atoms with Gasteiger partial charge in [-0.1, -0.05) is 28.1 Å². The molecule has 104 valence electrons. The summed E-state index contributed by atoms with van der Waals surface area (Å²) in [5.74, 6) is -0.648. The molecule has 20 heavy (non-hydrogen) atoms. The van der Waals surface area contributed by atoms with Crippen molar-refractivity contribution in [1.82, 2.24) is 0 Å². The Morgan fingerprint density at radius 3 is 2.50 bits per heavy atom. The summed E-state index contributed by atoms with van der Waals surface area (Å²) in [6, 6.07) is 13.8. The van der Waals surface area contributed by atoms with Gasteiger partial charge in [-0.05, 0) is 43.3 Å². The number of para-hydroxylation sites is 1. The smallest absolute Gasteiger partial charge is 0.237 e. The first kappa shape index (κ1) is 15.1. The Balaban J connectivity index is 1.99. The average Bonchev–Trinajstić information content (AvgIpc) is 2.44. The predicted octanol–water partition coefficient (Wildman–Crippen LogP) is 4.71. The van der Waals surface area contributed by atoms with Crippen molar-refractivity contribution in [3.63, 3.8) is 0 Å². The van der Waals surface area contributed by atoms with Gasteiger partial charge in [-0.2, -0.15) is 0 Å². The SMILES string of the molecule is C[C@@H](Sc1ccc(Br)cc1)C(=O)Nc1ccccc1F. The molecule has 0 radical (unpaired) electrons. The minimum Gasteiger partial charge on any atom is -0.323 e. The molecular weight excluding hydrogens is 341 g/mol. The van der Waals surface area contributed by atoms with E-state index in [1.165, 1.54) is 17.8 Å². The lowest BCUT2D eigenvalue weighted by molar-refractivity contribution is -0.115. The second-order valence-corrected chi connectivity index (χ2v) is 6.51. The van der Waals surface area contributed by atoms with Gasteiger partial charge in [-0.25, -0.2) is 4.39 Å². The lowest BCUT2D eigenvalue weighted by atomic mass is 10.3. The van der Waals surface area contributed by atoms with Gasteiger partial charge >= 0.3 is 0 Å². The standard InChI is InChI=1S/C15H13BrFNOS/c1-10(20-12-8-6-11(16)7-9-12)15(19)18-14-5-3-2-4-13(14)17/h2-10H,1H3,(H,18,19)/t10-/m1/s1. The molecule has 0 unspecified atom stereocenters. The number of nitrogens with one attached hydrogen (secondary N) is 1. The molecule has 2 rings (SSSR count). The van der Waals surface area contributed by atoms with E-state index >= 15 is 0 Å². The Hall–Kier alpha value is -1.33. The highest BCUT2D eigenvalue weighted by atomic mass is 79.9. The lowest BCUT2D eigenvalue weighted by Crippen LogP contribution is -2.22. The third kappa shape index (κ3) is 4.08. The van der Waals surface area contributed by atoms with Crippen LogP contribution < -0.4 is 5.32 Å². The van der Waals surface area contributed by atoms with Crippen molar-refractivity contribution in [3.05, 3.63) is 58.8 Å². The van der Waals surface area contributed by atoms with Crippen molar-refractivity contribution in [2.75, 3.05) is 5.32 Å². The van der Waals surface area contributed by atoms with E-state index in [0.717, 1.165) is 9.37 Å². The van der Waals surface area contributed by atoms with Crippen LogP contribution in [-0.2, 0) is 4.79 Å². The predicted molar refractivity (Wildman–Crippen MR) is 84.5 cm³/mol. The molecule has 2 aromatic carbocycles. The van der Waals surface area contributed by atoms with Crippen molar-refractivity contribution >= 4 is 39.3 Å². The highest BCUT2D eigenvalue weighted by Crippen LogP contribution is 2.26. The quantitative estimate of drug-likeness (QED) is 0.806. The number of benzene rings is 2. The third-order valence-electron chi connectivity index (χ3n) is 2.63. The Morgan fingerprint density at radius 1 is 1.20 bits per heavy atom. The molecule has 0 aliphatic heterocycles. The number of thioether (sulfide) groups is 1. The minimum atomic E-state index is -0.429. The number of carbonyl (C=O) groups is 1. The average molecular weight is 354 g/mol. The van der Waals surface area contributed by atoms with Crippen LogP contribution in [0.3, 0.4) is 0 Å². The Labute approximate surface area is 129 Å². The number of hydrogen-bond acceptors (Lipinski definition) is 2. The molecule has 0 aliphatic rings. The maximum absolute atomic E-state index is 13.5. The number of anilines is 1. The molecule has 0 fully saturated rings. The summed E-state index contributed by atoms with van der Waals surface area (Å²) < 4.78 is 14.4. The maximum Gasteiger partial charge on any atom is 0.237 e. The first-order valence-electron chi connectivity index (χ1n) is 6.04. The third-order valence-corrected chi connectivity index (χ3v) is 4.27. The molecule has 1 atom stereocenters. The number of hydrogen-bond donors (Lipinski definition) is 1. The molecule has 0 saturated heterocycles. The summed E-state index contributed by atoms with van der Waals surface area (Å²) in [6.07, 6.45) is 0. The van der Waals surface area contributed by atoms with E-state index in [-0.39, 0.29) is 16.8 Å². The van der Waals surface area contributed by atoms with Crippen molar-refractivity contribution in [2.45, 2.75) is 17.1 Å². The van der Waals surface area contributed by atoms with Crippen molar-refractivity contribution in [1.29, 1.82) is 0 Å². The summed E-state index contributed by atoms with van der Waals surface area (Å²) in [4.78, 5) is 13.0. The van der Waals surface area contributed by atoms with E-state index in [0.29, 0.717) is 0 Å². The summed E-state index contributed by atoms with van der Waals surface area (Å²) in [5.41, 5.74) is 0.209. The molecular formula is C15H13BrFNOS. The van der Waals surface area contributed by atoms with E-state index in [9.17, 15) is 9.18 Å². The molecule has 1 N–H and O–H groups in total. The molecule has 0 bridgehead atoms. The minimum absolute atomic E-state index is 0.209. The maximum atomic E-state index is 13.5. The monoisotopic (exact) mass is 353 g/mol. The normalized spacial score (nSPS) is 11.9. The Morgan fingerprint density at radius 2 is 1.85 bits per heavy atom. The fourth-order valence-corrected chi connectivity index (χ4v) is 2.70. The molecule has 0 spiro atoms. The van der Waals surface area contributed by atoms with Gasteiger partial charge in [0.15, 0.2) is 0 Å². The van der Waals surface area contributed by atoms with Crippen molar-refractivity contribution in [3.8, 4) is 0 Å². The zero-order valence-corrected chi connectivity index (χ0v) is 13.2. The second-order valence-electron chi connectivity index (χ2n) is 4.18. The number of halogens is 2. The molecule has 5 heteroatoms. The van der Waals surface area contributed by atoms with Crippen LogP contribution in [0.2, 0.25) is 0 Å². The van der Waals surface area contributed by atoms with E-state index in [4.69, 9.17) is 0 Å². The Bertz CT molecular complexity index is 603. The molecule has 0 heterocycles. The number of amides is 1. The van der Waals surface area contributed by atoms with Crippen molar-refractivity contribution < 1.29 is 9.18 Å². The van der Waals surface area contributed by atoms with Gasteiger partial charge < -0.3 is 5.32 Å². The van der Waals surface area contributed by atoms with Crippen LogP contribution in [0.25, 0.3) is 0 Å². The van der Waals surface area contributed by atoms with Gasteiger partial charge in [0.25, 0.3) is 0 Å². The topological polar surface area (TPSA) is 29.1 Å². The van der Waals surface area contributed by atoms with Crippen LogP contribution >= 0.6 is 27.7 Å². The van der Waals surface area contributed by atoms with Crippen LogP contribution in [0, 0.1) is 5.82 Å². The second kappa shape index (κ2) is 6.90. The highest BCUT2D eigenvalue weighted by molar-refractivity contribution is 9.10. The number of rotatable bonds is 4. The zero-order valence-electron chi connectivity index (χ0n) is 10.8. The van der Waals surface area contributed by atoms with Gasteiger partial charge in [-0.15, -0.1) is 11.8 Å². The molecule has 0 aliphatic carbocycles. The van der Waals surface area contributed by atoms with Crippen LogP contribution in [0.15, 0.2) is 57.9 Å². The van der Waals surface area contributed by atoms with E-state index in [2.05, 4.69) is 21.2 Å². The first-order valence-corrected chi connectivity index (χ1v) is 7.71. The largest absolute Gasteiger partial charge is 0.323 e. The van der Waals surface area contributed by atoms with Gasteiger partial charge in [0.1, 0.15) is 5.82 Å². The summed E-state index contributed by atoms with van der Waals surface area (Å²) >= 11 is 4.79. The van der Waals surface area contributed by atoms with E-state index < -0.39 is 5.82 Å². The van der Waals surface area contributed by atoms with Crippen LogP contribution in [-0.4, -0.2) is 11.2 Å². The molecule has 0 aromatic heterocycles. The molecule has 0 saturated carbocycles. The first-order chi connectivity index (χ1) is 9.56. The molecule has 2 nitrogen and oxygen atoms in total. The summed E-state index contributed by atoms with van der Waals surface area (Å²) in [6.45, 7) is 1.79. The fraction of sp³-hybridized carbons (Fsp3) is 0.133. The van der Waals surface area contributed by atoms with Crippen LogP contribution in [0.1, 0.15) is 6.92 Å². The van der Waals surface area contributed by atoms with Gasteiger partial charge in [0, 0.05) is 9.37 Å². The molecule has 2 aromatic rings. The van der Waals surface area contributed by atoms with E-state index in [1.807, 2.05) is 24.3 Å². The van der Waals surface area contributed by atoms with Crippen molar-refractivity contribution in [2.24, 2.45) is 0 Å². The lowest BCUT2D eigenvalue weighted by Gasteiger charge is -2.12. The fourth-order valence-electron chi connectivity index (χ4n) is 1.57. The van der Waals surface area contributed by atoms with Crippen LogP contribution in [0.4, 0.5) is 10.1 Å². The summed E-state index contributed by atoms with van der Waals surface area (Å²) in [5, 5.41) is 2.29. The van der Waals surface area contributed by atoms with Gasteiger partial charge in [0.2, 0.25) is 5.91 Å². The van der Waals surface area contributed by atoms with Gasteiger partial charge in [-0.3, -0.25) is 4.79 Å². The molecule has 1 amide bonds. The van der Waals surface area contributed by atoms with Gasteiger partial charge in [0.05, 0.1) is 10.9 Å². The van der Waals surface area contributed by atoms with Crippen LogP contribution in [0.5, 0.6) is 0 Å². The Kier molecular flexibility index (Phi) is 5.20. The van der Waals surface area contributed by atoms with E-state index in [1.54, 1.807) is 25.1 Å².